The lowest BCUT2D eigenvalue weighted by molar-refractivity contribution is -0.277. The van der Waals surface area contributed by atoms with Crippen LogP contribution in [0.15, 0.2) is 11.9 Å². The molecular weight excluding hydrogens is 316 g/mol. The van der Waals surface area contributed by atoms with Crippen LogP contribution in [0, 0.1) is 0 Å². The molecule has 0 aliphatic heterocycles. The van der Waals surface area contributed by atoms with Crippen LogP contribution in [0.2, 0.25) is 0 Å². The van der Waals surface area contributed by atoms with Gasteiger partial charge in [0.15, 0.2) is 5.60 Å². The first-order valence-electron chi connectivity index (χ1n) is 4.18. The van der Waals surface area contributed by atoms with E-state index < -0.39 is 41.1 Å². The lowest BCUT2D eigenvalue weighted by Gasteiger charge is -2.39. The average Bonchev–Trinajstić information content (AvgIpc) is 2.30. The predicted octanol–water partition coefficient (Wildman–Crippen LogP) is 4.20. The Bertz CT molecular complexity index is 315. The number of allylic oxidation sites excluding steroid dienone is 1. The van der Waals surface area contributed by atoms with E-state index in [1.807, 2.05) is 0 Å². The molecule has 0 saturated heterocycles. The van der Waals surface area contributed by atoms with Crippen LogP contribution in [0.1, 0.15) is 0 Å². The second-order valence-corrected chi connectivity index (χ2v) is 3.72. The molecule has 0 bridgehead atoms. The Labute approximate surface area is 107 Å². The normalized spacial score (nSPS) is 13.7. The van der Waals surface area contributed by atoms with Crippen molar-refractivity contribution in [3.63, 3.8) is 0 Å². The number of halogens is 9. The van der Waals surface area contributed by atoms with E-state index >= 15 is 0 Å². The first kappa shape index (κ1) is 17.8. The summed E-state index contributed by atoms with van der Waals surface area (Å²) in [5, 5.41) is 0. The first-order chi connectivity index (χ1) is 8.04. The number of ether oxygens (including phenoxy) is 1. The number of methoxy groups -OCH3 is 1. The van der Waals surface area contributed by atoms with Crippen molar-refractivity contribution in [2.45, 2.75) is 17.4 Å². The molecule has 0 unspecified atom stereocenters. The van der Waals surface area contributed by atoms with Gasteiger partial charge in [0.05, 0.1) is 11.8 Å². The van der Waals surface area contributed by atoms with Crippen LogP contribution in [-0.2, 0) is 4.74 Å². The van der Waals surface area contributed by atoms with Crippen molar-refractivity contribution >= 4 is 23.2 Å². The maximum Gasteiger partial charge on any atom is 0.369 e. The van der Waals surface area contributed by atoms with Crippen LogP contribution in [0.5, 0.6) is 0 Å². The minimum Gasteiger partial charge on any atom is -0.369 e. The van der Waals surface area contributed by atoms with Crippen molar-refractivity contribution in [1.29, 1.82) is 0 Å². The number of alkyl halides is 6. The third-order valence-electron chi connectivity index (χ3n) is 2.23. The van der Waals surface area contributed by atoms with E-state index in [1.54, 1.807) is 0 Å². The molecule has 18 heavy (non-hydrogen) atoms. The van der Waals surface area contributed by atoms with E-state index in [2.05, 4.69) is 4.74 Å². The number of hydrogen-bond acceptors (Lipinski definition) is 1. The summed E-state index contributed by atoms with van der Waals surface area (Å²) in [5.74, 6) is -17.2. The minimum atomic E-state index is -5.80. The maximum absolute atomic E-state index is 13.5. The SMILES string of the molecule is COC(CCl)(CCl)C(F)(F)C(F)(F)C(F)=C(F)F. The minimum absolute atomic E-state index is 0.572. The van der Waals surface area contributed by atoms with E-state index in [9.17, 15) is 30.7 Å². The fourth-order valence-corrected chi connectivity index (χ4v) is 1.82. The zero-order valence-electron chi connectivity index (χ0n) is 8.72. The molecule has 0 aliphatic rings. The lowest BCUT2D eigenvalue weighted by atomic mass is 9.93. The molecule has 0 N–H and O–H groups in total. The summed E-state index contributed by atoms with van der Waals surface area (Å²) in [7, 11) is 0.572. The molecule has 0 saturated carbocycles. The summed E-state index contributed by atoms with van der Waals surface area (Å²) >= 11 is 10.1. The maximum atomic E-state index is 13.5. The molecular formula is C8H7Cl2F7O. The summed E-state index contributed by atoms with van der Waals surface area (Å²) < 4.78 is 93.1. The summed E-state index contributed by atoms with van der Waals surface area (Å²) in [6, 6.07) is 0. The fraction of sp³-hybridized carbons (Fsp3) is 0.750. The largest absolute Gasteiger partial charge is 0.369 e. The van der Waals surface area contributed by atoms with Crippen molar-refractivity contribution in [2.24, 2.45) is 0 Å². The van der Waals surface area contributed by atoms with Crippen molar-refractivity contribution in [2.75, 3.05) is 18.9 Å². The van der Waals surface area contributed by atoms with Gasteiger partial charge in [-0.05, 0) is 0 Å². The molecule has 10 heteroatoms. The van der Waals surface area contributed by atoms with Gasteiger partial charge in [-0.25, -0.2) is 0 Å². The van der Waals surface area contributed by atoms with Crippen LogP contribution in [0.4, 0.5) is 30.7 Å². The molecule has 0 aromatic carbocycles. The highest BCUT2D eigenvalue weighted by molar-refractivity contribution is 6.22. The summed E-state index contributed by atoms with van der Waals surface area (Å²) in [6.45, 7) is 0. The third-order valence-corrected chi connectivity index (χ3v) is 3.09. The second kappa shape index (κ2) is 5.83. The molecule has 108 valence electrons. The second-order valence-electron chi connectivity index (χ2n) is 3.19. The molecule has 0 aliphatic carbocycles. The Hall–Kier alpha value is -0.210. The summed E-state index contributed by atoms with van der Waals surface area (Å²) in [4.78, 5) is 0. The molecule has 0 fully saturated rings. The quantitative estimate of drug-likeness (QED) is 0.526. The predicted molar refractivity (Wildman–Crippen MR) is 51.4 cm³/mol. The van der Waals surface area contributed by atoms with Gasteiger partial charge in [-0.1, -0.05) is 0 Å². The number of rotatable bonds is 6. The van der Waals surface area contributed by atoms with Gasteiger partial charge in [0.25, 0.3) is 0 Å². The molecule has 0 radical (unpaired) electrons. The molecule has 0 aromatic heterocycles. The van der Waals surface area contributed by atoms with Crippen LogP contribution in [0.25, 0.3) is 0 Å². The molecule has 1 nitrogen and oxygen atoms in total. The lowest BCUT2D eigenvalue weighted by Crippen LogP contribution is -2.62. The van der Waals surface area contributed by atoms with E-state index in [1.165, 1.54) is 0 Å². The summed E-state index contributed by atoms with van der Waals surface area (Å²) in [5.41, 5.74) is -3.19. The van der Waals surface area contributed by atoms with Crippen molar-refractivity contribution < 1.29 is 35.5 Å². The van der Waals surface area contributed by atoms with Gasteiger partial charge in [0.1, 0.15) is 0 Å². The molecule has 0 amide bonds. The Morgan fingerprint density at radius 3 is 1.61 bits per heavy atom. The fourth-order valence-electron chi connectivity index (χ4n) is 0.983. The van der Waals surface area contributed by atoms with Crippen LogP contribution >= 0.6 is 23.2 Å². The monoisotopic (exact) mass is 322 g/mol. The van der Waals surface area contributed by atoms with Gasteiger partial charge in [-0.2, -0.15) is 30.7 Å². The molecule has 0 rings (SSSR count). The highest BCUT2D eigenvalue weighted by atomic mass is 35.5. The Morgan fingerprint density at radius 1 is 1.00 bits per heavy atom. The molecule has 0 atom stereocenters. The van der Waals surface area contributed by atoms with Crippen molar-refractivity contribution in [1.82, 2.24) is 0 Å². The highest BCUT2D eigenvalue weighted by Gasteiger charge is 2.72. The van der Waals surface area contributed by atoms with Gasteiger partial charge >= 0.3 is 17.9 Å². The van der Waals surface area contributed by atoms with Crippen molar-refractivity contribution in [3.05, 3.63) is 11.9 Å². The third kappa shape index (κ3) is 2.55. The first-order valence-corrected chi connectivity index (χ1v) is 5.25. The molecule has 0 heterocycles. The van der Waals surface area contributed by atoms with Crippen LogP contribution < -0.4 is 0 Å². The Morgan fingerprint density at radius 2 is 1.39 bits per heavy atom. The summed E-state index contributed by atoms with van der Waals surface area (Å²) in [6.07, 6.45) is -3.56. The number of hydrogen-bond donors (Lipinski definition) is 0. The van der Waals surface area contributed by atoms with Crippen LogP contribution in [-0.4, -0.2) is 36.3 Å². The average molecular weight is 323 g/mol. The van der Waals surface area contributed by atoms with E-state index in [0.29, 0.717) is 7.11 Å². The Balaban J connectivity index is 5.83. The van der Waals surface area contributed by atoms with Crippen molar-refractivity contribution in [3.8, 4) is 0 Å². The zero-order valence-corrected chi connectivity index (χ0v) is 10.2. The zero-order chi connectivity index (χ0) is 14.8. The van der Waals surface area contributed by atoms with Gasteiger partial charge in [0, 0.05) is 7.11 Å². The highest BCUT2D eigenvalue weighted by Crippen LogP contribution is 2.50. The van der Waals surface area contributed by atoms with Gasteiger partial charge in [-0.15, -0.1) is 23.2 Å². The smallest absolute Gasteiger partial charge is 0.369 e. The van der Waals surface area contributed by atoms with Crippen LogP contribution in [0.3, 0.4) is 0 Å². The van der Waals surface area contributed by atoms with E-state index in [4.69, 9.17) is 23.2 Å². The van der Waals surface area contributed by atoms with E-state index in [0.717, 1.165) is 0 Å². The Kier molecular flexibility index (Phi) is 5.76. The van der Waals surface area contributed by atoms with Gasteiger partial charge < -0.3 is 4.74 Å². The van der Waals surface area contributed by atoms with E-state index in [-0.39, 0.29) is 0 Å². The van der Waals surface area contributed by atoms with Gasteiger partial charge in [0.2, 0.25) is 5.83 Å². The topological polar surface area (TPSA) is 9.23 Å². The van der Waals surface area contributed by atoms with Gasteiger partial charge in [-0.3, -0.25) is 0 Å². The standard InChI is InChI=1S/C8H7Cl2F7O/c1-18-6(2-9,3-10)8(16,17)7(14,15)4(11)5(12)13/h2-3H2,1H3. The molecule has 0 aromatic rings. The molecule has 0 spiro atoms.